The predicted molar refractivity (Wildman–Crippen MR) is 130 cm³/mol. The topological polar surface area (TPSA) is 76.0 Å². The van der Waals surface area contributed by atoms with E-state index in [1.165, 1.54) is 6.20 Å². The van der Waals surface area contributed by atoms with Crippen molar-refractivity contribution in [3.63, 3.8) is 0 Å². The molecule has 1 atom stereocenters. The van der Waals surface area contributed by atoms with E-state index in [9.17, 15) is 9.59 Å². The summed E-state index contributed by atoms with van der Waals surface area (Å²) >= 11 is 13.1. The lowest BCUT2D eigenvalue weighted by Gasteiger charge is -2.34. The molecule has 0 spiro atoms. The Hall–Kier alpha value is -3.09. The van der Waals surface area contributed by atoms with Crippen molar-refractivity contribution in [2.24, 2.45) is 0 Å². The summed E-state index contributed by atoms with van der Waals surface area (Å²) in [5.74, 6) is 0.264. The number of hydrogen-bond donors (Lipinski definition) is 2. The van der Waals surface area contributed by atoms with Crippen LogP contribution in [0.4, 0.5) is 11.5 Å². The van der Waals surface area contributed by atoms with Crippen LogP contribution in [-0.4, -0.2) is 21.5 Å². The number of fused-ring (bicyclic) bond motifs is 1. The molecule has 0 radical (unpaired) electrons. The Morgan fingerprint density at radius 1 is 1.12 bits per heavy atom. The van der Waals surface area contributed by atoms with Crippen LogP contribution in [0.1, 0.15) is 52.4 Å². The highest BCUT2D eigenvalue weighted by Gasteiger charge is 2.39. The van der Waals surface area contributed by atoms with Gasteiger partial charge in [-0.1, -0.05) is 35.3 Å². The van der Waals surface area contributed by atoms with Gasteiger partial charge >= 0.3 is 0 Å². The Bertz CT molecular complexity index is 1320. The molecule has 0 bridgehead atoms. The highest BCUT2D eigenvalue weighted by atomic mass is 35.5. The largest absolute Gasteiger partial charge is 0.343 e. The van der Waals surface area contributed by atoms with Gasteiger partial charge in [-0.05, 0) is 62.1 Å². The molecule has 168 valence electrons. The highest BCUT2D eigenvalue weighted by Crippen LogP contribution is 2.45. The van der Waals surface area contributed by atoms with Crippen LogP contribution in [0.2, 0.25) is 10.0 Å². The smallest absolute Gasteiger partial charge is 0.261 e. The molecule has 1 aromatic heterocycles. The number of hydrogen-bond acceptors (Lipinski definition) is 4. The normalized spacial score (nSPS) is 17.3. The number of halogens is 2. The van der Waals surface area contributed by atoms with E-state index in [4.69, 9.17) is 23.2 Å². The summed E-state index contributed by atoms with van der Waals surface area (Å²) < 4.78 is 1.64. The summed E-state index contributed by atoms with van der Waals surface area (Å²) in [6.07, 6.45) is 3.41. The third-order valence-electron chi connectivity index (χ3n) is 6.32. The number of nitrogens with one attached hydrogen (secondary N) is 2. The molecule has 1 aliphatic carbocycles. The number of benzene rings is 2. The lowest BCUT2D eigenvalue weighted by molar-refractivity contribution is -0.116. The number of aromatic nitrogens is 2. The fraction of sp³-hybridized carbons (Fsp3) is 0.240. The van der Waals surface area contributed by atoms with Gasteiger partial charge in [0.1, 0.15) is 17.4 Å². The standard InChI is InChI=1S/C25H22Cl2N4O2/c1-13-9-10-15(11-14(13)2)29-25(33)16-12-28-31-23(21-17(26)5-3-6-18(21)27)22-19(30-24(16)31)7-4-8-20(22)32/h3,5-6,9-12,23,30H,4,7-8H2,1-2H3,(H,29,33)/t23-/m1/s1. The van der Waals surface area contributed by atoms with E-state index >= 15 is 0 Å². The van der Waals surface area contributed by atoms with Crippen LogP contribution >= 0.6 is 23.2 Å². The minimum absolute atomic E-state index is 0.0343. The van der Waals surface area contributed by atoms with Gasteiger partial charge in [0.05, 0.1) is 6.20 Å². The average molecular weight is 481 g/mol. The average Bonchev–Trinajstić information content (AvgIpc) is 3.19. The van der Waals surface area contributed by atoms with Crippen molar-refractivity contribution in [1.82, 2.24) is 9.78 Å². The second-order valence-electron chi connectivity index (χ2n) is 8.44. The molecule has 33 heavy (non-hydrogen) atoms. The highest BCUT2D eigenvalue weighted by molar-refractivity contribution is 6.36. The third kappa shape index (κ3) is 3.73. The maximum Gasteiger partial charge on any atom is 0.261 e. The molecule has 0 fully saturated rings. The first kappa shape index (κ1) is 21.7. The fourth-order valence-electron chi connectivity index (χ4n) is 4.48. The van der Waals surface area contributed by atoms with Gasteiger partial charge in [0.2, 0.25) is 0 Å². The van der Waals surface area contributed by atoms with E-state index in [0.717, 1.165) is 23.2 Å². The van der Waals surface area contributed by atoms with Crippen LogP contribution in [0, 0.1) is 13.8 Å². The minimum atomic E-state index is -0.603. The molecule has 0 saturated heterocycles. The second-order valence-corrected chi connectivity index (χ2v) is 9.25. The number of carbonyl (C=O) groups excluding carboxylic acids is 2. The Morgan fingerprint density at radius 2 is 1.88 bits per heavy atom. The SMILES string of the molecule is Cc1ccc(NC(=O)c2cnn3c2NC2=C(C(=O)CCC2)[C@H]3c2c(Cl)cccc2Cl)cc1C. The van der Waals surface area contributed by atoms with E-state index in [-0.39, 0.29) is 11.7 Å². The summed E-state index contributed by atoms with van der Waals surface area (Å²) in [6.45, 7) is 4.02. The van der Waals surface area contributed by atoms with Gasteiger partial charge in [-0.25, -0.2) is 4.68 Å². The van der Waals surface area contributed by atoms with Crippen molar-refractivity contribution in [2.75, 3.05) is 10.6 Å². The number of aryl methyl sites for hydroxylation is 2. The Kier molecular flexibility index (Phi) is 5.51. The Morgan fingerprint density at radius 3 is 2.61 bits per heavy atom. The van der Waals surface area contributed by atoms with Gasteiger partial charge in [0, 0.05) is 39.0 Å². The zero-order chi connectivity index (χ0) is 23.3. The first-order valence-corrected chi connectivity index (χ1v) is 11.5. The van der Waals surface area contributed by atoms with Gasteiger partial charge in [-0.15, -0.1) is 0 Å². The van der Waals surface area contributed by atoms with Gasteiger partial charge < -0.3 is 10.6 Å². The van der Waals surface area contributed by atoms with E-state index in [1.54, 1.807) is 22.9 Å². The minimum Gasteiger partial charge on any atom is -0.343 e. The van der Waals surface area contributed by atoms with Crippen molar-refractivity contribution in [3.05, 3.63) is 86.2 Å². The van der Waals surface area contributed by atoms with Crippen molar-refractivity contribution in [2.45, 2.75) is 39.2 Å². The monoisotopic (exact) mass is 480 g/mol. The molecule has 6 nitrogen and oxygen atoms in total. The lowest BCUT2D eigenvalue weighted by atomic mass is 9.85. The number of nitrogens with zero attached hydrogens (tertiary/aromatic N) is 2. The van der Waals surface area contributed by atoms with Gasteiger partial charge in [0.15, 0.2) is 5.78 Å². The molecule has 8 heteroatoms. The van der Waals surface area contributed by atoms with Crippen LogP contribution in [0.3, 0.4) is 0 Å². The van der Waals surface area contributed by atoms with Crippen molar-refractivity contribution in [1.29, 1.82) is 0 Å². The molecule has 2 aliphatic rings. The molecule has 2 aromatic carbocycles. The number of ketones is 1. The van der Waals surface area contributed by atoms with Gasteiger partial charge in [-0.2, -0.15) is 5.10 Å². The summed E-state index contributed by atoms with van der Waals surface area (Å²) in [5.41, 5.74) is 5.33. The van der Waals surface area contributed by atoms with Crippen molar-refractivity contribution >= 4 is 46.4 Å². The van der Waals surface area contributed by atoms with Crippen LogP contribution in [0.25, 0.3) is 0 Å². The van der Waals surface area contributed by atoms with E-state index < -0.39 is 6.04 Å². The summed E-state index contributed by atoms with van der Waals surface area (Å²) in [5, 5.41) is 11.7. The molecule has 3 aromatic rings. The molecule has 0 unspecified atom stereocenters. The first-order valence-electron chi connectivity index (χ1n) is 10.8. The number of allylic oxidation sites excluding steroid dienone is 2. The second kappa shape index (κ2) is 8.36. The molecule has 0 saturated carbocycles. The summed E-state index contributed by atoms with van der Waals surface area (Å²) in [7, 11) is 0. The van der Waals surface area contributed by atoms with Crippen LogP contribution in [0.5, 0.6) is 0 Å². The van der Waals surface area contributed by atoms with Crippen LogP contribution in [-0.2, 0) is 4.79 Å². The van der Waals surface area contributed by atoms with Gasteiger partial charge in [0.25, 0.3) is 5.91 Å². The molecule has 1 amide bonds. The molecule has 1 aliphatic heterocycles. The quantitative estimate of drug-likeness (QED) is 0.476. The zero-order valence-corrected chi connectivity index (χ0v) is 19.7. The number of amides is 1. The van der Waals surface area contributed by atoms with E-state index in [1.807, 2.05) is 32.0 Å². The van der Waals surface area contributed by atoms with Crippen LogP contribution < -0.4 is 10.6 Å². The van der Waals surface area contributed by atoms with Crippen LogP contribution in [0.15, 0.2) is 53.9 Å². The summed E-state index contributed by atoms with van der Waals surface area (Å²) in [6, 6.07) is 10.4. The zero-order valence-electron chi connectivity index (χ0n) is 18.2. The first-order chi connectivity index (χ1) is 15.8. The van der Waals surface area contributed by atoms with Crippen molar-refractivity contribution in [3.8, 4) is 0 Å². The third-order valence-corrected chi connectivity index (χ3v) is 6.98. The van der Waals surface area contributed by atoms with Crippen molar-refractivity contribution < 1.29 is 9.59 Å². The molecule has 2 heterocycles. The molecular formula is C25H22Cl2N4O2. The molecule has 5 rings (SSSR count). The Labute approximate surface area is 201 Å². The van der Waals surface area contributed by atoms with E-state index in [0.29, 0.717) is 51.1 Å². The summed E-state index contributed by atoms with van der Waals surface area (Å²) in [4.78, 5) is 26.2. The number of carbonyl (C=O) groups is 2. The van der Waals surface area contributed by atoms with Gasteiger partial charge in [-0.3, -0.25) is 9.59 Å². The molecule has 2 N–H and O–H groups in total. The number of rotatable bonds is 3. The predicted octanol–water partition coefficient (Wildman–Crippen LogP) is 6.08. The fourth-order valence-corrected chi connectivity index (χ4v) is 5.08. The lowest BCUT2D eigenvalue weighted by Crippen LogP contribution is -2.32. The van der Waals surface area contributed by atoms with E-state index in [2.05, 4.69) is 15.7 Å². The maximum atomic E-state index is 13.2. The number of Topliss-reactive ketones (excluding diaryl/α,β-unsaturated/α-hetero) is 1. The maximum absolute atomic E-state index is 13.2. The molecular weight excluding hydrogens is 459 g/mol. The Balaban J connectivity index is 1.60. The number of anilines is 2.